The zero-order valence-corrected chi connectivity index (χ0v) is 13.2. The van der Waals surface area contributed by atoms with E-state index in [1.165, 1.54) is 48.0 Å². The second-order valence-electron chi connectivity index (χ2n) is 6.44. The van der Waals surface area contributed by atoms with Crippen molar-refractivity contribution in [3.63, 3.8) is 0 Å². The Balaban J connectivity index is 1.87. The van der Waals surface area contributed by atoms with Crippen molar-refractivity contribution in [3.05, 3.63) is 41.7 Å². The molecule has 0 saturated carbocycles. The van der Waals surface area contributed by atoms with Crippen LogP contribution in [0.4, 0.5) is 0 Å². The van der Waals surface area contributed by atoms with E-state index in [1.807, 2.05) is 6.20 Å². The molecule has 0 aliphatic carbocycles. The third kappa shape index (κ3) is 3.09. The van der Waals surface area contributed by atoms with Gasteiger partial charge in [-0.1, -0.05) is 12.1 Å². The molecule has 0 bridgehead atoms. The second-order valence-corrected chi connectivity index (χ2v) is 6.44. The monoisotopic (exact) mass is 284 g/mol. The lowest BCUT2D eigenvalue weighted by Crippen LogP contribution is -2.19. The van der Waals surface area contributed by atoms with Crippen LogP contribution >= 0.6 is 0 Å². The van der Waals surface area contributed by atoms with Gasteiger partial charge in [0.15, 0.2) is 0 Å². The highest BCUT2D eigenvalue weighted by Crippen LogP contribution is 2.27. The Morgan fingerprint density at radius 1 is 1.14 bits per heavy atom. The Morgan fingerprint density at radius 3 is 2.62 bits per heavy atom. The molecular weight excluding hydrogens is 260 g/mol. The van der Waals surface area contributed by atoms with Crippen LogP contribution in [0.15, 0.2) is 30.5 Å². The summed E-state index contributed by atoms with van der Waals surface area (Å²) in [5.74, 6) is 0. The minimum Gasteiger partial charge on any atom is -0.374 e. The number of rotatable bonds is 4. The fraction of sp³-hybridized carbons (Fsp3) is 0.500. The number of benzene rings is 1. The Morgan fingerprint density at radius 2 is 1.90 bits per heavy atom. The minimum absolute atomic E-state index is 0.261. The van der Waals surface area contributed by atoms with Crippen LogP contribution in [0.25, 0.3) is 10.8 Å². The lowest BCUT2D eigenvalue weighted by atomic mass is 9.95. The summed E-state index contributed by atoms with van der Waals surface area (Å²) in [6.07, 6.45) is 4.64. The van der Waals surface area contributed by atoms with Crippen molar-refractivity contribution in [2.24, 2.45) is 0 Å². The third-order valence-corrected chi connectivity index (χ3v) is 4.57. The van der Waals surface area contributed by atoms with Gasteiger partial charge in [0, 0.05) is 25.2 Å². The number of hydrogen-bond acceptors (Lipinski definition) is 3. The molecule has 0 N–H and O–H groups in total. The maximum atomic E-state index is 5.56. The van der Waals surface area contributed by atoms with E-state index in [-0.39, 0.29) is 5.60 Å². The van der Waals surface area contributed by atoms with E-state index in [2.05, 4.69) is 48.0 Å². The van der Waals surface area contributed by atoms with Gasteiger partial charge in [0.1, 0.15) is 0 Å². The average Bonchev–Trinajstić information content (AvgIpc) is 2.99. The molecule has 3 heteroatoms. The van der Waals surface area contributed by atoms with Gasteiger partial charge in [0.2, 0.25) is 0 Å². The van der Waals surface area contributed by atoms with Crippen molar-refractivity contribution >= 4 is 10.8 Å². The number of hydrogen-bond donors (Lipinski definition) is 0. The molecule has 1 fully saturated rings. The summed E-state index contributed by atoms with van der Waals surface area (Å²) in [6, 6.07) is 8.74. The topological polar surface area (TPSA) is 25.4 Å². The Bertz CT molecular complexity index is 630. The molecule has 1 aromatic carbocycles. The van der Waals surface area contributed by atoms with E-state index in [1.54, 1.807) is 7.11 Å². The highest BCUT2D eigenvalue weighted by atomic mass is 16.5. The van der Waals surface area contributed by atoms with E-state index < -0.39 is 0 Å². The SMILES string of the molecule is COC(C)(C)c1ccc2cc(CN3CCCC3)ncc2c1. The molecule has 3 rings (SSSR count). The molecule has 1 aromatic heterocycles. The van der Waals surface area contributed by atoms with Gasteiger partial charge >= 0.3 is 0 Å². The molecule has 112 valence electrons. The van der Waals surface area contributed by atoms with Gasteiger partial charge in [0.25, 0.3) is 0 Å². The zero-order valence-electron chi connectivity index (χ0n) is 13.2. The van der Waals surface area contributed by atoms with Crippen LogP contribution in [0.1, 0.15) is 37.9 Å². The largest absolute Gasteiger partial charge is 0.374 e. The van der Waals surface area contributed by atoms with Gasteiger partial charge in [-0.3, -0.25) is 9.88 Å². The molecule has 0 unspecified atom stereocenters. The van der Waals surface area contributed by atoms with Gasteiger partial charge in [0.05, 0.1) is 11.3 Å². The number of methoxy groups -OCH3 is 1. The van der Waals surface area contributed by atoms with Crippen molar-refractivity contribution in [1.82, 2.24) is 9.88 Å². The van der Waals surface area contributed by atoms with Crippen molar-refractivity contribution < 1.29 is 4.74 Å². The molecule has 3 nitrogen and oxygen atoms in total. The first-order valence-electron chi connectivity index (χ1n) is 7.75. The number of fused-ring (bicyclic) bond motifs is 1. The molecule has 2 heterocycles. The van der Waals surface area contributed by atoms with E-state index in [0.717, 1.165) is 6.54 Å². The lowest BCUT2D eigenvalue weighted by molar-refractivity contribution is 0.0193. The van der Waals surface area contributed by atoms with E-state index >= 15 is 0 Å². The van der Waals surface area contributed by atoms with E-state index in [4.69, 9.17) is 4.74 Å². The lowest BCUT2D eigenvalue weighted by Gasteiger charge is -2.23. The fourth-order valence-electron chi connectivity index (χ4n) is 2.94. The maximum Gasteiger partial charge on any atom is 0.0871 e. The molecule has 0 radical (unpaired) electrons. The Labute approximate surface area is 126 Å². The van der Waals surface area contributed by atoms with Gasteiger partial charge in [-0.15, -0.1) is 0 Å². The van der Waals surface area contributed by atoms with Crippen LogP contribution in [0, 0.1) is 0 Å². The Hall–Kier alpha value is -1.45. The highest BCUT2D eigenvalue weighted by Gasteiger charge is 2.19. The minimum atomic E-state index is -0.261. The summed E-state index contributed by atoms with van der Waals surface area (Å²) in [6.45, 7) is 7.56. The van der Waals surface area contributed by atoms with Gasteiger partial charge in [-0.2, -0.15) is 0 Å². The van der Waals surface area contributed by atoms with Gasteiger partial charge in [-0.25, -0.2) is 0 Å². The predicted octanol–water partition coefficient (Wildman–Crippen LogP) is 3.71. The standard InChI is InChI=1S/C18H24N2O/c1-18(2,21-3)16-7-6-14-11-17(19-12-15(14)10-16)13-20-8-4-5-9-20/h6-7,10-12H,4-5,8-9,13H2,1-3H3. The van der Waals surface area contributed by atoms with Crippen LogP contribution in [0.2, 0.25) is 0 Å². The number of likely N-dealkylation sites (tertiary alicyclic amines) is 1. The van der Waals surface area contributed by atoms with Crippen molar-refractivity contribution in [3.8, 4) is 0 Å². The van der Waals surface area contributed by atoms with E-state index in [0.29, 0.717) is 0 Å². The number of nitrogens with zero attached hydrogens (tertiary/aromatic N) is 2. The maximum absolute atomic E-state index is 5.56. The molecule has 1 saturated heterocycles. The van der Waals surface area contributed by atoms with Crippen LogP contribution < -0.4 is 0 Å². The van der Waals surface area contributed by atoms with Crippen LogP contribution in [0.5, 0.6) is 0 Å². The van der Waals surface area contributed by atoms with Crippen molar-refractivity contribution in [2.75, 3.05) is 20.2 Å². The summed E-state index contributed by atoms with van der Waals surface area (Å²) >= 11 is 0. The average molecular weight is 284 g/mol. The summed E-state index contributed by atoms with van der Waals surface area (Å²) in [7, 11) is 1.75. The first-order chi connectivity index (χ1) is 10.1. The van der Waals surface area contributed by atoms with Crippen LogP contribution in [-0.2, 0) is 16.9 Å². The molecule has 1 aliphatic rings. The summed E-state index contributed by atoms with van der Waals surface area (Å²) in [5, 5.41) is 2.44. The predicted molar refractivity (Wildman–Crippen MR) is 86.3 cm³/mol. The smallest absolute Gasteiger partial charge is 0.0871 e. The van der Waals surface area contributed by atoms with E-state index in [9.17, 15) is 0 Å². The summed E-state index contributed by atoms with van der Waals surface area (Å²) in [5.41, 5.74) is 2.09. The quantitative estimate of drug-likeness (QED) is 0.855. The van der Waals surface area contributed by atoms with Gasteiger partial charge in [-0.05, 0) is 62.9 Å². The molecular formula is C18H24N2O. The molecule has 0 amide bonds. The van der Waals surface area contributed by atoms with Crippen LogP contribution in [0.3, 0.4) is 0 Å². The first kappa shape index (κ1) is 14.5. The van der Waals surface area contributed by atoms with Crippen molar-refractivity contribution in [2.45, 2.75) is 38.8 Å². The molecule has 1 aliphatic heterocycles. The molecule has 0 spiro atoms. The molecule has 0 atom stereocenters. The summed E-state index contributed by atoms with van der Waals surface area (Å²) < 4.78 is 5.56. The van der Waals surface area contributed by atoms with Crippen molar-refractivity contribution in [1.29, 1.82) is 0 Å². The van der Waals surface area contributed by atoms with Crippen LogP contribution in [-0.4, -0.2) is 30.1 Å². The molecule has 21 heavy (non-hydrogen) atoms. The second kappa shape index (κ2) is 5.74. The normalized spacial score (nSPS) is 16.7. The number of aromatic nitrogens is 1. The first-order valence-corrected chi connectivity index (χ1v) is 7.75. The highest BCUT2D eigenvalue weighted by molar-refractivity contribution is 5.82. The zero-order chi connectivity index (χ0) is 14.9. The summed E-state index contributed by atoms with van der Waals surface area (Å²) in [4.78, 5) is 7.12. The number of pyridine rings is 1. The fourth-order valence-corrected chi connectivity index (χ4v) is 2.94. The number of ether oxygens (including phenoxy) is 1. The van der Waals surface area contributed by atoms with Gasteiger partial charge < -0.3 is 4.74 Å². The molecule has 2 aromatic rings. The Kier molecular flexibility index (Phi) is 3.96. The third-order valence-electron chi connectivity index (χ3n) is 4.57.